The zero-order valence-corrected chi connectivity index (χ0v) is 10.1. The van der Waals surface area contributed by atoms with Crippen molar-refractivity contribution >= 4 is 0 Å². The Kier molecular flexibility index (Phi) is 5.38. The summed E-state index contributed by atoms with van der Waals surface area (Å²) in [5.74, 6) is 2.80. The first kappa shape index (κ1) is 13.4. The van der Waals surface area contributed by atoms with E-state index in [1.54, 1.807) is 12.1 Å². The highest BCUT2D eigenvalue weighted by Crippen LogP contribution is 2.27. The Hall–Kier alpha value is -1.66. The van der Waals surface area contributed by atoms with E-state index in [2.05, 4.69) is 11.2 Å². The molecular weight excluding hydrogens is 214 g/mol. The molecule has 1 aromatic carbocycles. The Bertz CT molecular complexity index is 396. The van der Waals surface area contributed by atoms with E-state index < -0.39 is 0 Å². The highest BCUT2D eigenvalue weighted by Gasteiger charge is 2.09. The van der Waals surface area contributed by atoms with Crippen LogP contribution >= 0.6 is 0 Å². The van der Waals surface area contributed by atoms with Gasteiger partial charge >= 0.3 is 0 Å². The van der Waals surface area contributed by atoms with Gasteiger partial charge < -0.3 is 15.5 Å². The van der Waals surface area contributed by atoms with E-state index in [-0.39, 0.29) is 17.5 Å². The molecule has 1 aromatic rings. The maximum absolute atomic E-state index is 9.68. The number of aromatic hydroxyl groups is 2. The summed E-state index contributed by atoms with van der Waals surface area (Å²) >= 11 is 0. The number of nitrogens with one attached hydrogen (secondary N) is 1. The molecule has 0 aliphatic carbocycles. The fraction of sp³-hybridized carbons (Fsp3) is 0.429. The number of hydrogen-bond donors (Lipinski definition) is 3. The molecule has 0 radical (unpaired) electrons. The van der Waals surface area contributed by atoms with Crippen LogP contribution in [0.3, 0.4) is 0 Å². The van der Waals surface area contributed by atoms with Crippen molar-refractivity contribution in [2.45, 2.75) is 32.2 Å². The van der Waals surface area contributed by atoms with Crippen LogP contribution in [-0.2, 0) is 0 Å². The molecule has 0 fully saturated rings. The summed E-state index contributed by atoms with van der Waals surface area (Å²) in [6.45, 7) is 2.84. The summed E-state index contributed by atoms with van der Waals surface area (Å²) in [6, 6.07) is 4.71. The predicted molar refractivity (Wildman–Crippen MR) is 68.9 cm³/mol. The van der Waals surface area contributed by atoms with Gasteiger partial charge in [-0.15, -0.1) is 12.3 Å². The Labute approximate surface area is 102 Å². The molecule has 0 heterocycles. The van der Waals surface area contributed by atoms with E-state index in [1.807, 2.05) is 6.92 Å². The van der Waals surface area contributed by atoms with Crippen LogP contribution in [0, 0.1) is 12.3 Å². The third-order valence-electron chi connectivity index (χ3n) is 2.68. The van der Waals surface area contributed by atoms with Crippen molar-refractivity contribution in [3.8, 4) is 23.8 Å². The number of unbranched alkanes of at least 4 members (excludes halogenated alkanes) is 2. The second kappa shape index (κ2) is 6.82. The van der Waals surface area contributed by atoms with Gasteiger partial charge in [0, 0.05) is 24.1 Å². The van der Waals surface area contributed by atoms with Crippen molar-refractivity contribution in [2.75, 3.05) is 6.54 Å². The van der Waals surface area contributed by atoms with E-state index >= 15 is 0 Å². The van der Waals surface area contributed by atoms with Crippen molar-refractivity contribution < 1.29 is 10.2 Å². The zero-order valence-electron chi connectivity index (χ0n) is 10.1. The van der Waals surface area contributed by atoms with Gasteiger partial charge in [0.25, 0.3) is 0 Å². The molecule has 0 aliphatic rings. The first-order valence-corrected chi connectivity index (χ1v) is 5.84. The lowest BCUT2D eigenvalue weighted by atomic mass is 10.1. The van der Waals surface area contributed by atoms with Gasteiger partial charge in [-0.1, -0.05) is 6.07 Å². The van der Waals surface area contributed by atoms with Crippen molar-refractivity contribution in [3.05, 3.63) is 23.8 Å². The zero-order chi connectivity index (χ0) is 12.7. The third kappa shape index (κ3) is 4.38. The van der Waals surface area contributed by atoms with Crippen LogP contribution in [0.2, 0.25) is 0 Å². The molecule has 0 spiro atoms. The smallest absolute Gasteiger partial charge is 0.124 e. The molecule has 1 unspecified atom stereocenters. The Morgan fingerprint density at radius 2 is 2.12 bits per heavy atom. The molecule has 92 valence electrons. The summed E-state index contributed by atoms with van der Waals surface area (Å²) in [5, 5.41) is 22.2. The normalized spacial score (nSPS) is 12.0. The molecular formula is C14H19NO2. The minimum atomic E-state index is 0.0569. The number of phenols is 2. The summed E-state index contributed by atoms with van der Waals surface area (Å²) in [6.07, 6.45) is 8.01. The average molecular weight is 233 g/mol. The largest absolute Gasteiger partial charge is 0.508 e. The van der Waals surface area contributed by atoms with Crippen LogP contribution in [0.15, 0.2) is 18.2 Å². The molecule has 0 amide bonds. The number of hydrogen-bond acceptors (Lipinski definition) is 3. The topological polar surface area (TPSA) is 52.5 Å². The minimum absolute atomic E-state index is 0.0569. The fourth-order valence-corrected chi connectivity index (χ4v) is 1.68. The summed E-state index contributed by atoms with van der Waals surface area (Å²) in [7, 11) is 0. The Morgan fingerprint density at radius 1 is 1.35 bits per heavy atom. The average Bonchev–Trinajstić information content (AvgIpc) is 2.28. The molecule has 1 atom stereocenters. The second-order valence-corrected chi connectivity index (χ2v) is 4.08. The van der Waals surface area contributed by atoms with E-state index in [0.29, 0.717) is 0 Å². The van der Waals surface area contributed by atoms with Crippen LogP contribution in [0.4, 0.5) is 0 Å². The van der Waals surface area contributed by atoms with E-state index in [0.717, 1.165) is 31.4 Å². The lowest BCUT2D eigenvalue weighted by Gasteiger charge is -2.15. The van der Waals surface area contributed by atoms with Gasteiger partial charge in [-0.25, -0.2) is 0 Å². The quantitative estimate of drug-likeness (QED) is 0.523. The van der Waals surface area contributed by atoms with Crippen molar-refractivity contribution in [1.82, 2.24) is 5.32 Å². The summed E-state index contributed by atoms with van der Waals surface area (Å²) < 4.78 is 0. The maximum atomic E-state index is 9.68. The number of benzene rings is 1. The van der Waals surface area contributed by atoms with Gasteiger partial charge in [0.15, 0.2) is 0 Å². The second-order valence-electron chi connectivity index (χ2n) is 4.08. The SMILES string of the molecule is C#CCCCCNC(C)c1ccc(O)cc1O. The lowest BCUT2D eigenvalue weighted by molar-refractivity contribution is 0.435. The molecule has 3 nitrogen and oxygen atoms in total. The monoisotopic (exact) mass is 233 g/mol. The van der Waals surface area contributed by atoms with Crippen molar-refractivity contribution in [2.24, 2.45) is 0 Å². The van der Waals surface area contributed by atoms with Crippen LogP contribution < -0.4 is 5.32 Å². The van der Waals surface area contributed by atoms with E-state index in [4.69, 9.17) is 6.42 Å². The molecule has 0 bridgehead atoms. The van der Waals surface area contributed by atoms with Crippen molar-refractivity contribution in [1.29, 1.82) is 0 Å². The third-order valence-corrected chi connectivity index (χ3v) is 2.68. The molecule has 1 rings (SSSR count). The summed E-state index contributed by atoms with van der Waals surface area (Å²) in [5.41, 5.74) is 0.791. The fourth-order valence-electron chi connectivity index (χ4n) is 1.68. The molecule has 3 heteroatoms. The molecule has 0 aromatic heterocycles. The minimum Gasteiger partial charge on any atom is -0.508 e. The summed E-state index contributed by atoms with van der Waals surface area (Å²) in [4.78, 5) is 0. The van der Waals surface area contributed by atoms with Crippen LogP contribution in [0.5, 0.6) is 11.5 Å². The Morgan fingerprint density at radius 3 is 2.76 bits per heavy atom. The molecule has 0 saturated heterocycles. The van der Waals surface area contributed by atoms with E-state index in [9.17, 15) is 10.2 Å². The van der Waals surface area contributed by atoms with Gasteiger partial charge in [-0.05, 0) is 32.4 Å². The maximum Gasteiger partial charge on any atom is 0.124 e. The van der Waals surface area contributed by atoms with Gasteiger partial charge in [0.1, 0.15) is 11.5 Å². The van der Waals surface area contributed by atoms with Gasteiger partial charge in [0.2, 0.25) is 0 Å². The van der Waals surface area contributed by atoms with Crippen LogP contribution in [-0.4, -0.2) is 16.8 Å². The Balaban J connectivity index is 2.42. The van der Waals surface area contributed by atoms with Gasteiger partial charge in [0.05, 0.1) is 0 Å². The highest BCUT2D eigenvalue weighted by molar-refractivity contribution is 5.40. The lowest BCUT2D eigenvalue weighted by Crippen LogP contribution is -2.19. The highest BCUT2D eigenvalue weighted by atomic mass is 16.3. The number of rotatable bonds is 6. The number of phenolic OH excluding ortho intramolecular Hbond substituents is 2. The molecule has 0 saturated carbocycles. The standard InChI is InChI=1S/C14H19NO2/c1-3-4-5-6-9-15-11(2)13-8-7-12(16)10-14(13)17/h1,7-8,10-11,15-17H,4-6,9H2,2H3. The molecule has 17 heavy (non-hydrogen) atoms. The molecule has 0 aliphatic heterocycles. The van der Waals surface area contributed by atoms with Gasteiger partial charge in [-0.2, -0.15) is 0 Å². The number of terminal acetylenes is 1. The first-order chi connectivity index (χ1) is 8.15. The first-order valence-electron chi connectivity index (χ1n) is 5.84. The molecule has 3 N–H and O–H groups in total. The van der Waals surface area contributed by atoms with Crippen molar-refractivity contribution in [3.63, 3.8) is 0 Å². The van der Waals surface area contributed by atoms with Gasteiger partial charge in [-0.3, -0.25) is 0 Å². The van der Waals surface area contributed by atoms with Crippen LogP contribution in [0.1, 0.15) is 37.8 Å². The van der Waals surface area contributed by atoms with Crippen LogP contribution in [0.25, 0.3) is 0 Å². The predicted octanol–water partition coefficient (Wildman–Crippen LogP) is 2.55. The van der Waals surface area contributed by atoms with E-state index in [1.165, 1.54) is 6.07 Å².